The zero-order valence-electron chi connectivity index (χ0n) is 18.0. The van der Waals surface area contributed by atoms with Crippen LogP contribution in [0.2, 0.25) is 0 Å². The Morgan fingerprint density at radius 1 is 0.969 bits per heavy atom. The molecule has 0 fully saturated rings. The van der Waals surface area contributed by atoms with Gasteiger partial charge in [-0.2, -0.15) is 5.10 Å². The van der Waals surface area contributed by atoms with Gasteiger partial charge in [0.1, 0.15) is 12.4 Å². The highest BCUT2D eigenvalue weighted by Gasteiger charge is 2.39. The van der Waals surface area contributed by atoms with Crippen LogP contribution >= 0.6 is 0 Å². The van der Waals surface area contributed by atoms with Crippen molar-refractivity contribution >= 4 is 23.1 Å². The van der Waals surface area contributed by atoms with Gasteiger partial charge in [-0.15, -0.1) is 0 Å². The van der Waals surface area contributed by atoms with E-state index in [-0.39, 0.29) is 12.7 Å². The quantitative estimate of drug-likeness (QED) is 0.571. The number of para-hydroxylation sites is 1. The standard InChI is InChI=1S/C26H23N3O3/c1-17-7-9-19(10-8-17)24-15-22(18-11-13-20(32-2)14-12-18)27-29(24)16-28-23-6-4-3-5-21(23)25(30)26(28)31/h3-14,24H,15-16H2,1-2H3. The van der Waals surface area contributed by atoms with Crippen molar-refractivity contribution in [3.8, 4) is 5.75 Å². The Bertz CT molecular complexity index is 1220. The van der Waals surface area contributed by atoms with Crippen molar-refractivity contribution in [2.75, 3.05) is 18.7 Å². The van der Waals surface area contributed by atoms with E-state index in [9.17, 15) is 9.59 Å². The van der Waals surface area contributed by atoms with Crippen molar-refractivity contribution in [3.63, 3.8) is 0 Å². The van der Waals surface area contributed by atoms with Gasteiger partial charge in [0.25, 0.3) is 5.78 Å². The maximum atomic E-state index is 12.7. The fraction of sp³-hybridized carbons (Fsp3) is 0.192. The SMILES string of the molecule is COc1ccc(C2=NN(CN3C(=O)C(=O)c4ccccc43)C(c3ccc(C)cc3)C2)cc1. The van der Waals surface area contributed by atoms with E-state index in [4.69, 9.17) is 9.84 Å². The van der Waals surface area contributed by atoms with Crippen molar-refractivity contribution in [1.29, 1.82) is 0 Å². The molecule has 0 spiro atoms. The highest BCUT2D eigenvalue weighted by atomic mass is 16.5. The molecule has 0 aromatic heterocycles. The van der Waals surface area contributed by atoms with Crippen LogP contribution in [0, 0.1) is 6.92 Å². The maximum Gasteiger partial charge on any atom is 0.301 e. The minimum Gasteiger partial charge on any atom is -0.497 e. The average molecular weight is 425 g/mol. The van der Waals surface area contributed by atoms with Gasteiger partial charge in [0, 0.05) is 6.42 Å². The van der Waals surface area contributed by atoms with Gasteiger partial charge in [-0.25, -0.2) is 0 Å². The summed E-state index contributed by atoms with van der Waals surface area (Å²) < 4.78 is 5.27. The molecule has 3 aromatic rings. The third-order valence-electron chi connectivity index (χ3n) is 6.05. The number of aryl methyl sites for hydroxylation is 1. The molecule has 1 atom stereocenters. The summed E-state index contributed by atoms with van der Waals surface area (Å²) in [6.45, 7) is 2.26. The predicted octanol–water partition coefficient (Wildman–Crippen LogP) is 4.34. The number of fused-ring (bicyclic) bond motifs is 1. The molecule has 1 unspecified atom stereocenters. The fourth-order valence-corrected chi connectivity index (χ4v) is 4.26. The lowest BCUT2D eigenvalue weighted by Crippen LogP contribution is -2.39. The molecule has 0 saturated heterocycles. The number of carbonyl (C=O) groups is 2. The van der Waals surface area contributed by atoms with Crippen molar-refractivity contribution in [2.24, 2.45) is 5.10 Å². The Kier molecular flexibility index (Phi) is 4.98. The summed E-state index contributed by atoms with van der Waals surface area (Å²) in [6.07, 6.45) is 0.701. The van der Waals surface area contributed by atoms with Crippen LogP contribution in [0.1, 0.15) is 39.5 Å². The zero-order valence-corrected chi connectivity index (χ0v) is 18.0. The molecule has 32 heavy (non-hydrogen) atoms. The van der Waals surface area contributed by atoms with E-state index < -0.39 is 11.7 Å². The van der Waals surface area contributed by atoms with E-state index in [1.165, 1.54) is 10.5 Å². The van der Waals surface area contributed by atoms with Crippen molar-refractivity contribution in [1.82, 2.24) is 5.01 Å². The third kappa shape index (κ3) is 3.43. The Morgan fingerprint density at radius 3 is 2.41 bits per heavy atom. The topological polar surface area (TPSA) is 62.2 Å². The van der Waals surface area contributed by atoms with Crippen LogP contribution in [0.15, 0.2) is 77.9 Å². The number of anilines is 1. The molecule has 2 aliphatic rings. The second kappa shape index (κ2) is 7.96. The van der Waals surface area contributed by atoms with Crippen LogP contribution < -0.4 is 9.64 Å². The normalized spacial score (nSPS) is 17.6. The van der Waals surface area contributed by atoms with Gasteiger partial charge in [-0.3, -0.25) is 19.5 Å². The van der Waals surface area contributed by atoms with Gasteiger partial charge in [-0.05, 0) is 54.4 Å². The average Bonchev–Trinajstić information content (AvgIpc) is 3.35. The second-order valence-electron chi connectivity index (χ2n) is 8.07. The molecule has 3 aromatic carbocycles. The Morgan fingerprint density at radius 2 is 1.69 bits per heavy atom. The molecule has 6 heteroatoms. The van der Waals surface area contributed by atoms with Crippen LogP contribution in [0.5, 0.6) is 5.75 Å². The monoisotopic (exact) mass is 425 g/mol. The van der Waals surface area contributed by atoms with Crippen LogP contribution in [0.25, 0.3) is 0 Å². The molecule has 5 rings (SSSR count). The largest absolute Gasteiger partial charge is 0.497 e. The first-order valence-corrected chi connectivity index (χ1v) is 10.6. The van der Waals surface area contributed by atoms with Gasteiger partial charge in [0.15, 0.2) is 0 Å². The van der Waals surface area contributed by atoms with Crippen LogP contribution in [-0.2, 0) is 4.79 Å². The van der Waals surface area contributed by atoms with E-state index in [0.717, 1.165) is 22.6 Å². The number of ether oxygens (including phenoxy) is 1. The third-order valence-corrected chi connectivity index (χ3v) is 6.05. The minimum absolute atomic E-state index is 0.0386. The van der Waals surface area contributed by atoms with Gasteiger partial charge in [-0.1, -0.05) is 42.0 Å². The molecule has 0 aliphatic carbocycles. The molecule has 6 nitrogen and oxygen atoms in total. The molecular weight excluding hydrogens is 402 g/mol. The number of benzene rings is 3. The first-order valence-electron chi connectivity index (χ1n) is 10.6. The lowest BCUT2D eigenvalue weighted by molar-refractivity contribution is -0.114. The Hall–Kier alpha value is -3.93. The summed E-state index contributed by atoms with van der Waals surface area (Å²) in [5.74, 6) is -0.190. The van der Waals surface area contributed by atoms with Gasteiger partial charge in [0.05, 0.1) is 30.1 Å². The number of hydrazone groups is 1. The van der Waals surface area contributed by atoms with E-state index in [0.29, 0.717) is 17.7 Å². The fourth-order valence-electron chi connectivity index (χ4n) is 4.26. The minimum atomic E-state index is -0.512. The van der Waals surface area contributed by atoms with E-state index >= 15 is 0 Å². The molecule has 1 amide bonds. The summed E-state index contributed by atoms with van der Waals surface area (Å²) in [4.78, 5) is 26.7. The first-order chi connectivity index (χ1) is 15.5. The van der Waals surface area contributed by atoms with Crippen molar-refractivity contribution in [3.05, 3.63) is 95.1 Å². The molecule has 2 aliphatic heterocycles. The number of Topliss-reactive ketones (excluding diaryl/α,β-unsaturated/α-hetero) is 1. The molecule has 160 valence electrons. The zero-order chi connectivity index (χ0) is 22.2. The number of carbonyl (C=O) groups excluding carboxylic acids is 2. The van der Waals surface area contributed by atoms with Gasteiger partial charge < -0.3 is 4.74 Å². The Balaban J connectivity index is 1.50. The van der Waals surface area contributed by atoms with E-state index in [1.54, 1.807) is 19.2 Å². The summed E-state index contributed by atoms with van der Waals surface area (Å²) in [5.41, 5.74) is 5.33. The number of methoxy groups -OCH3 is 1. The van der Waals surface area contributed by atoms with E-state index in [1.807, 2.05) is 41.4 Å². The Labute approximate surface area is 186 Å². The lowest BCUT2D eigenvalue weighted by atomic mass is 9.98. The van der Waals surface area contributed by atoms with Crippen LogP contribution in [0.4, 0.5) is 5.69 Å². The summed E-state index contributed by atoms with van der Waals surface area (Å²) in [6, 6.07) is 23.3. The first kappa shape index (κ1) is 20.0. The number of nitrogens with zero attached hydrogens (tertiary/aromatic N) is 3. The summed E-state index contributed by atoms with van der Waals surface area (Å²) in [7, 11) is 1.64. The lowest BCUT2D eigenvalue weighted by Gasteiger charge is -2.28. The summed E-state index contributed by atoms with van der Waals surface area (Å²) in [5, 5.41) is 6.81. The maximum absolute atomic E-state index is 12.7. The van der Waals surface area contributed by atoms with Gasteiger partial charge in [0.2, 0.25) is 0 Å². The van der Waals surface area contributed by atoms with Gasteiger partial charge >= 0.3 is 5.91 Å². The molecule has 0 saturated carbocycles. The predicted molar refractivity (Wildman–Crippen MR) is 123 cm³/mol. The number of rotatable bonds is 5. The molecular formula is C26H23N3O3. The molecule has 2 heterocycles. The van der Waals surface area contributed by atoms with Crippen molar-refractivity contribution in [2.45, 2.75) is 19.4 Å². The second-order valence-corrected chi connectivity index (χ2v) is 8.07. The number of hydrogen-bond acceptors (Lipinski definition) is 5. The smallest absolute Gasteiger partial charge is 0.301 e. The molecule has 0 bridgehead atoms. The van der Waals surface area contributed by atoms with E-state index in [2.05, 4.69) is 31.2 Å². The molecule has 0 N–H and O–H groups in total. The number of hydrogen-bond donors (Lipinski definition) is 0. The highest BCUT2D eigenvalue weighted by Crippen LogP contribution is 2.36. The number of ketones is 1. The molecule has 0 radical (unpaired) electrons. The number of amides is 1. The highest BCUT2D eigenvalue weighted by molar-refractivity contribution is 6.52. The summed E-state index contributed by atoms with van der Waals surface area (Å²) >= 11 is 0. The van der Waals surface area contributed by atoms with Crippen molar-refractivity contribution < 1.29 is 14.3 Å². The van der Waals surface area contributed by atoms with Crippen LogP contribution in [-0.4, -0.2) is 36.2 Å². The van der Waals surface area contributed by atoms with Crippen LogP contribution in [0.3, 0.4) is 0 Å².